The van der Waals surface area contributed by atoms with Gasteiger partial charge in [-0.05, 0) is 18.4 Å². The number of allylic oxidation sites excluding steroid dienone is 1. The summed E-state index contributed by atoms with van der Waals surface area (Å²) in [5.41, 5.74) is 5.57. The summed E-state index contributed by atoms with van der Waals surface area (Å²) in [7, 11) is 0. The number of aromatic nitrogens is 2. The summed E-state index contributed by atoms with van der Waals surface area (Å²) in [6, 6.07) is 30.0. The molecule has 0 aliphatic rings. The number of rotatable bonds is 12. The SMILES string of the molecule is CCCCCCCCC=C(C(=O)O)n1nc(-c2ccccc2)c(-c2ccccc2)c1-c1ccccc1. The fourth-order valence-electron chi connectivity index (χ4n) is 4.56. The zero-order valence-corrected chi connectivity index (χ0v) is 20.9. The summed E-state index contributed by atoms with van der Waals surface area (Å²) in [6.45, 7) is 2.21. The smallest absolute Gasteiger partial charge is 0.354 e. The van der Waals surface area contributed by atoms with Crippen molar-refractivity contribution < 1.29 is 9.90 Å². The molecule has 3 aromatic carbocycles. The highest BCUT2D eigenvalue weighted by Gasteiger charge is 2.25. The van der Waals surface area contributed by atoms with E-state index < -0.39 is 5.97 Å². The van der Waals surface area contributed by atoms with E-state index in [4.69, 9.17) is 5.10 Å². The van der Waals surface area contributed by atoms with Crippen molar-refractivity contribution in [3.05, 3.63) is 97.1 Å². The van der Waals surface area contributed by atoms with E-state index in [0.29, 0.717) is 6.42 Å². The lowest BCUT2D eigenvalue weighted by atomic mass is 9.96. The molecule has 0 unspecified atom stereocenters. The van der Waals surface area contributed by atoms with Crippen LogP contribution in [0.5, 0.6) is 0 Å². The first-order valence-corrected chi connectivity index (χ1v) is 12.9. The van der Waals surface area contributed by atoms with Crippen LogP contribution in [0.25, 0.3) is 39.3 Å². The molecule has 0 fully saturated rings. The molecule has 0 aliphatic carbocycles. The van der Waals surface area contributed by atoms with Gasteiger partial charge in [0.05, 0.1) is 5.69 Å². The van der Waals surface area contributed by atoms with E-state index in [1.807, 2.05) is 84.9 Å². The van der Waals surface area contributed by atoms with Gasteiger partial charge in [0.15, 0.2) is 0 Å². The molecule has 184 valence electrons. The molecule has 4 aromatic rings. The molecule has 0 atom stereocenters. The minimum atomic E-state index is -0.972. The van der Waals surface area contributed by atoms with Crippen molar-refractivity contribution >= 4 is 11.7 Å². The second-order valence-electron chi connectivity index (χ2n) is 9.03. The average molecular weight is 479 g/mol. The third-order valence-electron chi connectivity index (χ3n) is 6.38. The lowest BCUT2D eigenvalue weighted by Gasteiger charge is -2.11. The molecule has 1 N–H and O–H groups in total. The molecule has 0 aliphatic heterocycles. The average Bonchev–Trinajstić information content (AvgIpc) is 3.32. The second-order valence-corrected chi connectivity index (χ2v) is 9.03. The number of hydrogen-bond acceptors (Lipinski definition) is 2. The maximum atomic E-state index is 12.6. The minimum Gasteiger partial charge on any atom is -0.477 e. The molecule has 4 heteroatoms. The first kappa shape index (κ1) is 25.2. The fourth-order valence-corrected chi connectivity index (χ4v) is 4.56. The Bertz CT molecular complexity index is 1280. The molecule has 0 bridgehead atoms. The molecular weight excluding hydrogens is 444 g/mol. The van der Waals surface area contributed by atoms with E-state index in [1.165, 1.54) is 25.7 Å². The maximum Gasteiger partial charge on any atom is 0.354 e. The Balaban J connectivity index is 1.85. The van der Waals surface area contributed by atoms with Crippen LogP contribution in [-0.2, 0) is 4.79 Å². The third-order valence-corrected chi connectivity index (χ3v) is 6.38. The number of unbranched alkanes of at least 4 members (excludes halogenated alkanes) is 6. The summed E-state index contributed by atoms with van der Waals surface area (Å²) in [5, 5.41) is 15.2. The van der Waals surface area contributed by atoms with Gasteiger partial charge in [-0.15, -0.1) is 0 Å². The van der Waals surface area contributed by atoms with Crippen LogP contribution in [0.3, 0.4) is 0 Å². The van der Waals surface area contributed by atoms with Crippen LogP contribution < -0.4 is 0 Å². The normalized spacial score (nSPS) is 11.5. The molecule has 0 saturated carbocycles. The minimum absolute atomic E-state index is 0.196. The quantitative estimate of drug-likeness (QED) is 0.164. The lowest BCUT2D eigenvalue weighted by Crippen LogP contribution is -2.11. The Kier molecular flexibility index (Phi) is 8.87. The first-order chi connectivity index (χ1) is 17.7. The lowest BCUT2D eigenvalue weighted by molar-refractivity contribution is -0.130. The number of hydrogen-bond donors (Lipinski definition) is 1. The predicted molar refractivity (Wildman–Crippen MR) is 148 cm³/mol. The van der Waals surface area contributed by atoms with Gasteiger partial charge < -0.3 is 5.11 Å². The van der Waals surface area contributed by atoms with Crippen molar-refractivity contribution in [3.63, 3.8) is 0 Å². The van der Waals surface area contributed by atoms with Crippen molar-refractivity contribution in [1.29, 1.82) is 0 Å². The number of nitrogens with zero attached hydrogens (tertiary/aromatic N) is 2. The molecule has 4 rings (SSSR count). The van der Waals surface area contributed by atoms with Gasteiger partial charge in [-0.25, -0.2) is 9.48 Å². The molecular formula is C32H34N2O2. The topological polar surface area (TPSA) is 55.1 Å². The Morgan fingerprint density at radius 1 is 0.750 bits per heavy atom. The largest absolute Gasteiger partial charge is 0.477 e. The Morgan fingerprint density at radius 3 is 1.86 bits per heavy atom. The molecule has 0 radical (unpaired) electrons. The number of carbonyl (C=O) groups is 1. The molecule has 36 heavy (non-hydrogen) atoms. The summed E-state index contributed by atoms with van der Waals surface area (Å²) >= 11 is 0. The van der Waals surface area contributed by atoms with E-state index in [9.17, 15) is 9.90 Å². The van der Waals surface area contributed by atoms with Gasteiger partial charge >= 0.3 is 5.97 Å². The number of carboxylic acid groups (broad SMARTS) is 1. The molecule has 0 spiro atoms. The number of benzene rings is 3. The highest BCUT2D eigenvalue weighted by atomic mass is 16.4. The Labute approximate surface area is 213 Å². The number of carboxylic acids is 1. The van der Waals surface area contributed by atoms with Crippen molar-refractivity contribution in [2.24, 2.45) is 0 Å². The van der Waals surface area contributed by atoms with E-state index >= 15 is 0 Å². The Hall–Kier alpha value is -3.92. The van der Waals surface area contributed by atoms with Crippen LogP contribution >= 0.6 is 0 Å². The van der Waals surface area contributed by atoms with Gasteiger partial charge in [0, 0.05) is 16.7 Å². The standard InChI is InChI=1S/C32H34N2O2/c1-2-3-4-5-6-7-17-24-28(32(35)36)34-31(27-22-15-10-16-23-27)29(25-18-11-8-12-19-25)30(33-34)26-20-13-9-14-21-26/h8-16,18-24H,2-7,17H2,1H3,(H,35,36). The summed E-state index contributed by atoms with van der Waals surface area (Å²) in [6.07, 6.45) is 9.54. The van der Waals surface area contributed by atoms with Crippen LogP contribution in [0.1, 0.15) is 51.9 Å². The molecule has 1 heterocycles. The van der Waals surface area contributed by atoms with E-state index in [0.717, 1.165) is 46.5 Å². The van der Waals surface area contributed by atoms with E-state index in [2.05, 4.69) is 19.1 Å². The van der Waals surface area contributed by atoms with Gasteiger partial charge in [0.25, 0.3) is 0 Å². The molecule has 4 nitrogen and oxygen atoms in total. The zero-order valence-electron chi connectivity index (χ0n) is 20.9. The van der Waals surface area contributed by atoms with Crippen LogP contribution in [0.4, 0.5) is 0 Å². The van der Waals surface area contributed by atoms with Crippen LogP contribution in [0, 0.1) is 0 Å². The van der Waals surface area contributed by atoms with Crippen molar-refractivity contribution in [1.82, 2.24) is 9.78 Å². The van der Waals surface area contributed by atoms with Gasteiger partial charge in [0.2, 0.25) is 0 Å². The highest BCUT2D eigenvalue weighted by Crippen LogP contribution is 2.41. The van der Waals surface area contributed by atoms with Crippen molar-refractivity contribution in [3.8, 4) is 33.6 Å². The second kappa shape index (κ2) is 12.7. The van der Waals surface area contributed by atoms with Crippen molar-refractivity contribution in [2.75, 3.05) is 0 Å². The van der Waals surface area contributed by atoms with Crippen molar-refractivity contribution in [2.45, 2.75) is 51.9 Å². The van der Waals surface area contributed by atoms with Gasteiger partial charge in [0.1, 0.15) is 11.4 Å². The van der Waals surface area contributed by atoms with Gasteiger partial charge in [-0.3, -0.25) is 0 Å². The van der Waals surface area contributed by atoms with Gasteiger partial charge in [-0.2, -0.15) is 5.10 Å². The van der Waals surface area contributed by atoms with Crippen LogP contribution in [-0.4, -0.2) is 20.9 Å². The predicted octanol–water partition coefficient (Wildman–Crippen LogP) is 8.56. The highest BCUT2D eigenvalue weighted by molar-refractivity contribution is 6.10. The zero-order chi connectivity index (χ0) is 25.2. The summed E-state index contributed by atoms with van der Waals surface area (Å²) < 4.78 is 1.64. The van der Waals surface area contributed by atoms with Crippen LogP contribution in [0.2, 0.25) is 0 Å². The summed E-state index contributed by atoms with van der Waals surface area (Å²) in [4.78, 5) is 12.6. The first-order valence-electron chi connectivity index (χ1n) is 12.9. The fraction of sp³-hybridized carbons (Fsp3) is 0.250. The monoisotopic (exact) mass is 478 g/mol. The van der Waals surface area contributed by atoms with Gasteiger partial charge in [-0.1, -0.05) is 136 Å². The van der Waals surface area contributed by atoms with E-state index in [1.54, 1.807) is 4.68 Å². The molecule has 0 saturated heterocycles. The molecule has 0 amide bonds. The maximum absolute atomic E-state index is 12.6. The molecule has 1 aromatic heterocycles. The third kappa shape index (κ3) is 6.01. The summed E-state index contributed by atoms with van der Waals surface area (Å²) in [5.74, 6) is -0.972. The van der Waals surface area contributed by atoms with Crippen LogP contribution in [0.15, 0.2) is 97.1 Å². The Morgan fingerprint density at radius 2 is 1.28 bits per heavy atom. The van der Waals surface area contributed by atoms with E-state index in [-0.39, 0.29) is 5.70 Å². The number of aliphatic carboxylic acids is 1.